The molecule has 1 N–H and O–H groups in total. The fourth-order valence-corrected chi connectivity index (χ4v) is 2.43. The fourth-order valence-electron chi connectivity index (χ4n) is 2.43. The Kier molecular flexibility index (Phi) is 6.03. The van der Waals surface area contributed by atoms with Gasteiger partial charge in [-0.2, -0.15) is 0 Å². The van der Waals surface area contributed by atoms with Gasteiger partial charge in [-0.3, -0.25) is 4.79 Å². The van der Waals surface area contributed by atoms with Crippen molar-refractivity contribution in [3.8, 4) is 11.5 Å². The normalized spacial score (nSPS) is 10.2. The zero-order valence-corrected chi connectivity index (χ0v) is 13.9. The standard InChI is InChI=1S/C19H23NO3/c1-4-23-17-10-9-16(13-14(17)2)19(21)20-12-11-15-7-5-6-8-18(15)22-3/h5-10,13H,4,11-12H2,1-3H3,(H,20,21). The van der Waals surface area contributed by atoms with Gasteiger partial charge in [0.2, 0.25) is 0 Å². The summed E-state index contributed by atoms with van der Waals surface area (Å²) in [5.41, 5.74) is 2.69. The van der Waals surface area contributed by atoms with Gasteiger partial charge in [0, 0.05) is 12.1 Å². The van der Waals surface area contributed by atoms with Crippen LogP contribution in [0.2, 0.25) is 0 Å². The molecule has 2 aromatic carbocycles. The van der Waals surface area contributed by atoms with E-state index in [0.29, 0.717) is 18.7 Å². The molecule has 0 aliphatic heterocycles. The minimum Gasteiger partial charge on any atom is -0.496 e. The third-order valence-electron chi connectivity index (χ3n) is 3.61. The van der Waals surface area contributed by atoms with Crippen LogP contribution in [0.1, 0.15) is 28.4 Å². The second kappa shape index (κ2) is 8.22. The second-order valence-corrected chi connectivity index (χ2v) is 5.23. The van der Waals surface area contributed by atoms with E-state index >= 15 is 0 Å². The van der Waals surface area contributed by atoms with E-state index < -0.39 is 0 Å². The average molecular weight is 313 g/mol. The predicted molar refractivity (Wildman–Crippen MR) is 91.4 cm³/mol. The van der Waals surface area contributed by atoms with Crippen molar-refractivity contribution in [1.29, 1.82) is 0 Å². The number of methoxy groups -OCH3 is 1. The van der Waals surface area contributed by atoms with Gasteiger partial charge in [0.25, 0.3) is 5.91 Å². The van der Waals surface area contributed by atoms with Crippen LogP contribution in [0.3, 0.4) is 0 Å². The summed E-state index contributed by atoms with van der Waals surface area (Å²) in [6.07, 6.45) is 0.728. The fraction of sp³-hybridized carbons (Fsp3) is 0.316. The molecule has 2 rings (SSSR count). The number of amides is 1. The first-order chi connectivity index (χ1) is 11.2. The molecule has 4 heteroatoms. The topological polar surface area (TPSA) is 47.6 Å². The lowest BCUT2D eigenvalue weighted by atomic mass is 10.1. The van der Waals surface area contributed by atoms with E-state index in [-0.39, 0.29) is 5.91 Å². The molecule has 0 saturated heterocycles. The Morgan fingerprint density at radius 1 is 1.13 bits per heavy atom. The quantitative estimate of drug-likeness (QED) is 0.852. The average Bonchev–Trinajstić information content (AvgIpc) is 2.57. The number of hydrogen-bond donors (Lipinski definition) is 1. The van der Waals surface area contributed by atoms with E-state index in [1.807, 2.05) is 50.2 Å². The van der Waals surface area contributed by atoms with E-state index in [1.54, 1.807) is 13.2 Å². The highest BCUT2D eigenvalue weighted by Gasteiger charge is 2.08. The van der Waals surface area contributed by atoms with E-state index in [4.69, 9.17) is 9.47 Å². The second-order valence-electron chi connectivity index (χ2n) is 5.23. The molecule has 122 valence electrons. The number of hydrogen-bond acceptors (Lipinski definition) is 3. The predicted octanol–water partition coefficient (Wildman–Crippen LogP) is 3.37. The highest BCUT2D eigenvalue weighted by atomic mass is 16.5. The lowest BCUT2D eigenvalue weighted by molar-refractivity contribution is 0.0954. The number of carbonyl (C=O) groups is 1. The highest BCUT2D eigenvalue weighted by Crippen LogP contribution is 2.19. The first kappa shape index (κ1) is 16.9. The third-order valence-corrected chi connectivity index (χ3v) is 3.61. The minimum absolute atomic E-state index is 0.0777. The van der Waals surface area contributed by atoms with Gasteiger partial charge in [0.15, 0.2) is 0 Å². The molecule has 0 aromatic heterocycles. The molecule has 0 fully saturated rings. The summed E-state index contributed by atoms with van der Waals surface area (Å²) in [6.45, 7) is 5.06. The monoisotopic (exact) mass is 313 g/mol. The van der Waals surface area contributed by atoms with Crippen molar-refractivity contribution in [2.45, 2.75) is 20.3 Å². The maximum Gasteiger partial charge on any atom is 0.251 e. The van der Waals surface area contributed by atoms with E-state index in [1.165, 1.54) is 0 Å². The van der Waals surface area contributed by atoms with Crippen molar-refractivity contribution in [3.05, 3.63) is 59.2 Å². The van der Waals surface area contributed by atoms with Crippen molar-refractivity contribution in [1.82, 2.24) is 5.32 Å². The number of para-hydroxylation sites is 1. The summed E-state index contributed by atoms with van der Waals surface area (Å²) in [4.78, 5) is 12.2. The Morgan fingerprint density at radius 3 is 2.61 bits per heavy atom. The van der Waals surface area contributed by atoms with Gasteiger partial charge in [-0.1, -0.05) is 18.2 Å². The van der Waals surface area contributed by atoms with Gasteiger partial charge in [0.05, 0.1) is 13.7 Å². The summed E-state index contributed by atoms with van der Waals surface area (Å²) in [6, 6.07) is 13.3. The van der Waals surface area contributed by atoms with Gasteiger partial charge in [-0.15, -0.1) is 0 Å². The van der Waals surface area contributed by atoms with Crippen molar-refractivity contribution in [3.63, 3.8) is 0 Å². The van der Waals surface area contributed by atoms with Crippen LogP contribution in [0.5, 0.6) is 11.5 Å². The van der Waals surface area contributed by atoms with Crippen molar-refractivity contribution in [2.24, 2.45) is 0 Å². The molecular weight excluding hydrogens is 290 g/mol. The molecular formula is C19H23NO3. The van der Waals surface area contributed by atoms with Gasteiger partial charge in [-0.25, -0.2) is 0 Å². The molecule has 0 heterocycles. The molecule has 0 spiro atoms. The molecule has 23 heavy (non-hydrogen) atoms. The van der Waals surface area contributed by atoms with Gasteiger partial charge in [0.1, 0.15) is 11.5 Å². The highest BCUT2D eigenvalue weighted by molar-refractivity contribution is 5.94. The van der Waals surface area contributed by atoms with E-state index in [2.05, 4.69) is 5.32 Å². The summed E-state index contributed by atoms with van der Waals surface area (Å²) in [5.74, 6) is 1.59. The molecule has 0 bridgehead atoms. The molecule has 0 radical (unpaired) electrons. The zero-order valence-electron chi connectivity index (χ0n) is 13.9. The summed E-state index contributed by atoms with van der Waals surface area (Å²) >= 11 is 0. The van der Waals surface area contributed by atoms with Gasteiger partial charge in [-0.05, 0) is 55.7 Å². The molecule has 1 amide bonds. The van der Waals surface area contributed by atoms with Crippen molar-refractivity contribution in [2.75, 3.05) is 20.3 Å². The number of ether oxygens (including phenoxy) is 2. The molecule has 0 unspecified atom stereocenters. The van der Waals surface area contributed by atoms with Crippen LogP contribution in [0, 0.1) is 6.92 Å². The number of carbonyl (C=O) groups excluding carboxylic acids is 1. The molecule has 4 nitrogen and oxygen atoms in total. The lowest BCUT2D eigenvalue weighted by Crippen LogP contribution is -2.25. The molecule has 0 aliphatic carbocycles. The Balaban J connectivity index is 1.93. The van der Waals surface area contributed by atoms with Crippen LogP contribution in [0.15, 0.2) is 42.5 Å². The molecule has 2 aromatic rings. The maximum atomic E-state index is 12.2. The van der Waals surface area contributed by atoms with E-state index in [0.717, 1.165) is 29.0 Å². The SMILES string of the molecule is CCOc1ccc(C(=O)NCCc2ccccc2OC)cc1C. The van der Waals surface area contributed by atoms with Gasteiger partial charge < -0.3 is 14.8 Å². The Labute approximate surface area is 137 Å². The maximum absolute atomic E-state index is 12.2. The summed E-state index contributed by atoms with van der Waals surface area (Å²) in [5, 5.41) is 2.94. The number of aryl methyl sites for hydroxylation is 1. The Bertz CT molecular complexity index is 667. The molecule has 0 aliphatic rings. The van der Waals surface area contributed by atoms with Crippen molar-refractivity contribution >= 4 is 5.91 Å². The van der Waals surface area contributed by atoms with Crippen LogP contribution in [-0.4, -0.2) is 26.2 Å². The largest absolute Gasteiger partial charge is 0.496 e. The summed E-state index contributed by atoms with van der Waals surface area (Å²) < 4.78 is 10.8. The van der Waals surface area contributed by atoms with Crippen LogP contribution in [-0.2, 0) is 6.42 Å². The Hall–Kier alpha value is -2.49. The van der Waals surface area contributed by atoms with Crippen LogP contribution in [0.4, 0.5) is 0 Å². The smallest absolute Gasteiger partial charge is 0.251 e. The number of rotatable bonds is 7. The molecule has 0 saturated carbocycles. The third kappa shape index (κ3) is 4.49. The number of nitrogens with one attached hydrogen (secondary N) is 1. The first-order valence-electron chi connectivity index (χ1n) is 7.79. The zero-order chi connectivity index (χ0) is 16.7. The first-order valence-corrected chi connectivity index (χ1v) is 7.79. The summed E-state index contributed by atoms with van der Waals surface area (Å²) in [7, 11) is 1.65. The Morgan fingerprint density at radius 2 is 1.91 bits per heavy atom. The van der Waals surface area contributed by atoms with E-state index in [9.17, 15) is 4.79 Å². The molecule has 0 atom stereocenters. The van der Waals surface area contributed by atoms with Crippen LogP contribution in [0.25, 0.3) is 0 Å². The lowest BCUT2D eigenvalue weighted by Gasteiger charge is -2.11. The van der Waals surface area contributed by atoms with Crippen LogP contribution < -0.4 is 14.8 Å². The number of benzene rings is 2. The minimum atomic E-state index is -0.0777. The van der Waals surface area contributed by atoms with Gasteiger partial charge >= 0.3 is 0 Å². The van der Waals surface area contributed by atoms with Crippen LogP contribution >= 0.6 is 0 Å². The van der Waals surface area contributed by atoms with Crippen molar-refractivity contribution < 1.29 is 14.3 Å².